The van der Waals surface area contributed by atoms with E-state index in [4.69, 9.17) is 4.74 Å². The molecule has 0 aromatic carbocycles. The maximum absolute atomic E-state index is 11.6. The summed E-state index contributed by atoms with van der Waals surface area (Å²) in [5.74, 6) is 0.764. The number of rotatable bonds is 7. The number of carbonyl (C=O) groups is 1. The van der Waals surface area contributed by atoms with E-state index < -0.39 is 0 Å². The lowest BCUT2D eigenvalue weighted by atomic mass is 10.2. The predicted molar refractivity (Wildman–Crippen MR) is 74.3 cm³/mol. The van der Waals surface area contributed by atoms with Crippen LogP contribution < -0.4 is 5.32 Å². The van der Waals surface area contributed by atoms with E-state index in [2.05, 4.69) is 15.4 Å². The summed E-state index contributed by atoms with van der Waals surface area (Å²) in [6.07, 6.45) is 6.45. The van der Waals surface area contributed by atoms with Crippen LogP contribution in [0.25, 0.3) is 5.82 Å². The van der Waals surface area contributed by atoms with Crippen molar-refractivity contribution in [3.05, 3.63) is 42.4 Å². The minimum absolute atomic E-state index is 0.0273. The molecule has 0 saturated carbocycles. The van der Waals surface area contributed by atoms with Crippen molar-refractivity contribution in [2.75, 3.05) is 13.7 Å². The molecule has 0 aliphatic carbocycles. The van der Waals surface area contributed by atoms with Crippen LogP contribution >= 0.6 is 0 Å². The Bertz CT molecular complexity index is 540. The van der Waals surface area contributed by atoms with Gasteiger partial charge in [0.1, 0.15) is 0 Å². The molecular weight excluding hydrogens is 256 g/mol. The molecule has 0 radical (unpaired) electrons. The number of hydrogen-bond donors (Lipinski definition) is 1. The summed E-state index contributed by atoms with van der Waals surface area (Å²) >= 11 is 0. The fourth-order valence-electron chi connectivity index (χ4n) is 1.77. The fourth-order valence-corrected chi connectivity index (χ4v) is 1.77. The third-order valence-corrected chi connectivity index (χ3v) is 2.79. The molecule has 0 saturated heterocycles. The average Bonchev–Trinajstić information content (AvgIpc) is 3.00. The van der Waals surface area contributed by atoms with Gasteiger partial charge in [0.25, 0.3) is 0 Å². The van der Waals surface area contributed by atoms with Crippen molar-refractivity contribution in [2.45, 2.75) is 19.4 Å². The lowest BCUT2D eigenvalue weighted by Crippen LogP contribution is -2.22. The number of nitrogens with one attached hydrogen (secondary N) is 1. The molecule has 2 aromatic heterocycles. The first kappa shape index (κ1) is 14.2. The van der Waals surface area contributed by atoms with E-state index in [-0.39, 0.29) is 5.91 Å². The number of carbonyl (C=O) groups excluding carboxylic acids is 1. The number of hydrogen-bond acceptors (Lipinski definition) is 4. The summed E-state index contributed by atoms with van der Waals surface area (Å²) in [5, 5.41) is 7.00. The van der Waals surface area contributed by atoms with Gasteiger partial charge in [-0.2, -0.15) is 5.10 Å². The Balaban J connectivity index is 1.87. The third-order valence-electron chi connectivity index (χ3n) is 2.79. The summed E-state index contributed by atoms with van der Waals surface area (Å²) in [4.78, 5) is 15.8. The van der Waals surface area contributed by atoms with Gasteiger partial charge in [-0.25, -0.2) is 9.67 Å². The molecule has 6 nitrogen and oxygen atoms in total. The second kappa shape index (κ2) is 7.40. The largest absolute Gasteiger partial charge is 0.385 e. The molecule has 0 bridgehead atoms. The summed E-state index contributed by atoms with van der Waals surface area (Å²) < 4.78 is 6.60. The fraction of sp³-hybridized carbons (Fsp3) is 0.357. The van der Waals surface area contributed by atoms with Gasteiger partial charge in [0.2, 0.25) is 5.91 Å². The van der Waals surface area contributed by atoms with Crippen molar-refractivity contribution >= 4 is 5.91 Å². The van der Waals surface area contributed by atoms with Crippen molar-refractivity contribution in [1.82, 2.24) is 20.1 Å². The number of ether oxygens (including phenoxy) is 1. The van der Waals surface area contributed by atoms with Crippen LogP contribution in [-0.4, -0.2) is 34.4 Å². The standard InChI is InChI=1S/C14H18N4O2/c1-20-9-2-4-14(19)16-11-12-5-7-15-13(10-12)18-8-3-6-17-18/h3,5-8,10H,2,4,9,11H2,1H3,(H,16,19). The smallest absolute Gasteiger partial charge is 0.220 e. The van der Waals surface area contributed by atoms with Crippen molar-refractivity contribution in [2.24, 2.45) is 0 Å². The monoisotopic (exact) mass is 274 g/mol. The van der Waals surface area contributed by atoms with Crippen LogP contribution in [0.15, 0.2) is 36.8 Å². The maximum atomic E-state index is 11.6. The molecular formula is C14H18N4O2. The molecule has 2 rings (SSSR count). The van der Waals surface area contributed by atoms with E-state index in [1.807, 2.05) is 24.4 Å². The molecule has 1 N–H and O–H groups in total. The van der Waals surface area contributed by atoms with Crippen LogP contribution in [0.5, 0.6) is 0 Å². The SMILES string of the molecule is COCCCC(=O)NCc1ccnc(-n2cccn2)c1. The number of amides is 1. The Morgan fingerprint density at radius 3 is 3.10 bits per heavy atom. The zero-order chi connectivity index (χ0) is 14.2. The van der Waals surface area contributed by atoms with Crippen molar-refractivity contribution in [1.29, 1.82) is 0 Å². The van der Waals surface area contributed by atoms with Gasteiger partial charge in [-0.1, -0.05) is 0 Å². The van der Waals surface area contributed by atoms with Gasteiger partial charge >= 0.3 is 0 Å². The van der Waals surface area contributed by atoms with Gasteiger partial charge < -0.3 is 10.1 Å². The number of pyridine rings is 1. The highest BCUT2D eigenvalue weighted by molar-refractivity contribution is 5.75. The Labute approximate surface area is 117 Å². The van der Waals surface area contributed by atoms with Gasteiger partial charge in [-0.05, 0) is 30.2 Å². The van der Waals surface area contributed by atoms with E-state index in [1.165, 1.54) is 0 Å². The Morgan fingerprint density at radius 1 is 1.45 bits per heavy atom. The Hall–Kier alpha value is -2.21. The molecule has 1 amide bonds. The number of nitrogens with zero attached hydrogens (tertiary/aromatic N) is 3. The quantitative estimate of drug-likeness (QED) is 0.773. The molecule has 2 heterocycles. The number of aromatic nitrogens is 3. The summed E-state index contributed by atoms with van der Waals surface area (Å²) in [5.41, 5.74) is 0.991. The van der Waals surface area contributed by atoms with Crippen LogP contribution in [0.2, 0.25) is 0 Å². The van der Waals surface area contributed by atoms with E-state index >= 15 is 0 Å². The molecule has 2 aromatic rings. The van der Waals surface area contributed by atoms with Crippen LogP contribution in [0.3, 0.4) is 0 Å². The van der Waals surface area contributed by atoms with Crippen molar-refractivity contribution in [3.63, 3.8) is 0 Å². The molecule has 0 fully saturated rings. The minimum atomic E-state index is 0.0273. The lowest BCUT2D eigenvalue weighted by Gasteiger charge is -2.07. The van der Waals surface area contributed by atoms with E-state index in [9.17, 15) is 4.79 Å². The Kier molecular flexibility index (Phi) is 5.25. The molecule has 0 aliphatic rings. The molecule has 6 heteroatoms. The van der Waals surface area contributed by atoms with Crippen LogP contribution in [0.4, 0.5) is 0 Å². The Morgan fingerprint density at radius 2 is 2.35 bits per heavy atom. The molecule has 0 atom stereocenters. The van der Waals surface area contributed by atoms with Gasteiger partial charge in [0.05, 0.1) is 0 Å². The van der Waals surface area contributed by atoms with Crippen molar-refractivity contribution in [3.8, 4) is 5.82 Å². The maximum Gasteiger partial charge on any atom is 0.220 e. The van der Waals surface area contributed by atoms with Gasteiger partial charge in [0.15, 0.2) is 5.82 Å². The van der Waals surface area contributed by atoms with Gasteiger partial charge in [0, 0.05) is 45.3 Å². The first-order chi connectivity index (χ1) is 9.79. The predicted octanol–water partition coefficient (Wildman–Crippen LogP) is 1.31. The highest BCUT2D eigenvalue weighted by atomic mass is 16.5. The van der Waals surface area contributed by atoms with Crippen LogP contribution in [-0.2, 0) is 16.1 Å². The second-order valence-corrected chi connectivity index (χ2v) is 4.35. The normalized spacial score (nSPS) is 10.4. The van der Waals surface area contributed by atoms with E-state index in [0.717, 1.165) is 17.8 Å². The summed E-state index contributed by atoms with van der Waals surface area (Å²) in [6.45, 7) is 1.09. The average molecular weight is 274 g/mol. The molecule has 0 unspecified atom stereocenters. The highest BCUT2D eigenvalue weighted by Crippen LogP contribution is 2.06. The molecule has 0 spiro atoms. The van der Waals surface area contributed by atoms with Crippen LogP contribution in [0.1, 0.15) is 18.4 Å². The molecule has 0 aliphatic heterocycles. The van der Waals surface area contributed by atoms with Crippen LogP contribution in [0, 0.1) is 0 Å². The molecule has 106 valence electrons. The van der Waals surface area contributed by atoms with E-state index in [1.54, 1.807) is 24.2 Å². The zero-order valence-corrected chi connectivity index (χ0v) is 11.5. The van der Waals surface area contributed by atoms with E-state index in [0.29, 0.717) is 19.6 Å². The highest BCUT2D eigenvalue weighted by Gasteiger charge is 2.03. The third kappa shape index (κ3) is 4.17. The minimum Gasteiger partial charge on any atom is -0.385 e. The summed E-state index contributed by atoms with van der Waals surface area (Å²) in [6, 6.07) is 5.62. The van der Waals surface area contributed by atoms with Gasteiger partial charge in [-0.15, -0.1) is 0 Å². The first-order valence-corrected chi connectivity index (χ1v) is 6.50. The van der Waals surface area contributed by atoms with Crippen molar-refractivity contribution < 1.29 is 9.53 Å². The van der Waals surface area contributed by atoms with Gasteiger partial charge in [-0.3, -0.25) is 4.79 Å². The number of methoxy groups -OCH3 is 1. The second-order valence-electron chi connectivity index (χ2n) is 4.35. The molecule has 20 heavy (non-hydrogen) atoms. The zero-order valence-electron chi connectivity index (χ0n) is 11.5. The summed E-state index contributed by atoms with van der Waals surface area (Å²) in [7, 11) is 1.63. The lowest BCUT2D eigenvalue weighted by molar-refractivity contribution is -0.121. The first-order valence-electron chi connectivity index (χ1n) is 6.50. The topological polar surface area (TPSA) is 69.0 Å².